The first-order valence-electron chi connectivity index (χ1n) is 3.95. The van der Waals surface area contributed by atoms with E-state index in [1.165, 1.54) is 16.9 Å². The average Bonchev–Trinajstić information content (AvgIpc) is 2.49. The van der Waals surface area contributed by atoms with Crippen molar-refractivity contribution in [3.8, 4) is 0 Å². The van der Waals surface area contributed by atoms with Crippen LogP contribution in [0.2, 0.25) is 0 Å². The summed E-state index contributed by atoms with van der Waals surface area (Å²) in [5.74, 6) is -1.55. The van der Waals surface area contributed by atoms with E-state index in [9.17, 15) is 9.18 Å². The number of rotatable bonds is 1. The molecule has 0 radical (unpaired) electrons. The van der Waals surface area contributed by atoms with Gasteiger partial charge in [-0.3, -0.25) is 4.68 Å². The third-order valence-electron chi connectivity index (χ3n) is 2.08. The van der Waals surface area contributed by atoms with Gasteiger partial charge in [-0.1, -0.05) is 0 Å². The molecule has 1 aromatic heterocycles. The van der Waals surface area contributed by atoms with Crippen LogP contribution in [0.5, 0.6) is 0 Å². The fraction of sp³-hybridized carbons (Fsp3) is 0.111. The average molecular weight is 194 g/mol. The molecule has 1 heterocycles. The molecule has 0 saturated heterocycles. The second kappa shape index (κ2) is 2.80. The Kier molecular flexibility index (Phi) is 1.73. The maximum atomic E-state index is 13.3. The number of benzene rings is 1. The molecule has 1 N–H and O–H groups in total. The Balaban J connectivity index is 2.90. The van der Waals surface area contributed by atoms with Crippen LogP contribution in [0.25, 0.3) is 10.9 Å². The van der Waals surface area contributed by atoms with Crippen molar-refractivity contribution in [1.82, 2.24) is 9.78 Å². The number of carboxylic acids is 1. The number of carboxylic acid groups (broad SMARTS) is 1. The van der Waals surface area contributed by atoms with Crippen LogP contribution in [-0.2, 0) is 7.05 Å². The molecule has 5 heteroatoms. The van der Waals surface area contributed by atoms with Crippen molar-refractivity contribution in [1.29, 1.82) is 0 Å². The van der Waals surface area contributed by atoms with Crippen LogP contribution in [0.4, 0.5) is 4.39 Å². The largest absolute Gasteiger partial charge is 0.478 e. The highest BCUT2D eigenvalue weighted by molar-refractivity contribution is 6.02. The van der Waals surface area contributed by atoms with E-state index in [0.717, 1.165) is 6.07 Å². The van der Waals surface area contributed by atoms with Crippen molar-refractivity contribution >= 4 is 16.9 Å². The fourth-order valence-electron chi connectivity index (χ4n) is 1.43. The van der Waals surface area contributed by atoms with Gasteiger partial charge in [-0.25, -0.2) is 9.18 Å². The molecule has 4 nitrogen and oxygen atoms in total. The summed E-state index contributed by atoms with van der Waals surface area (Å²) >= 11 is 0. The summed E-state index contributed by atoms with van der Waals surface area (Å²) in [6.45, 7) is 0. The summed E-state index contributed by atoms with van der Waals surface area (Å²) < 4.78 is 14.6. The van der Waals surface area contributed by atoms with Gasteiger partial charge >= 0.3 is 5.97 Å². The summed E-state index contributed by atoms with van der Waals surface area (Å²) in [7, 11) is 1.57. The Morgan fingerprint density at radius 3 is 2.93 bits per heavy atom. The highest BCUT2D eigenvalue weighted by Crippen LogP contribution is 2.20. The van der Waals surface area contributed by atoms with Crippen LogP contribution in [-0.4, -0.2) is 20.9 Å². The highest BCUT2D eigenvalue weighted by Gasteiger charge is 2.14. The summed E-state index contributed by atoms with van der Waals surface area (Å²) in [6, 6.07) is 2.37. The van der Waals surface area contributed by atoms with Gasteiger partial charge in [-0.2, -0.15) is 5.10 Å². The molecule has 0 spiro atoms. The zero-order chi connectivity index (χ0) is 10.3. The lowest BCUT2D eigenvalue weighted by Gasteiger charge is -1.99. The normalized spacial score (nSPS) is 10.7. The predicted octanol–water partition coefficient (Wildman–Crippen LogP) is 1.41. The quantitative estimate of drug-likeness (QED) is 0.746. The highest BCUT2D eigenvalue weighted by atomic mass is 19.1. The topological polar surface area (TPSA) is 55.1 Å². The molecule has 0 unspecified atom stereocenters. The van der Waals surface area contributed by atoms with Crippen molar-refractivity contribution in [3.63, 3.8) is 0 Å². The summed E-state index contributed by atoms with van der Waals surface area (Å²) in [5, 5.41) is 13.0. The van der Waals surface area contributed by atoms with Crippen molar-refractivity contribution in [3.05, 3.63) is 29.7 Å². The monoisotopic (exact) mass is 194 g/mol. The summed E-state index contributed by atoms with van der Waals surface area (Å²) in [5.41, 5.74) is 0.277. The Labute approximate surface area is 78.6 Å². The minimum absolute atomic E-state index is 0.0644. The number of aryl methyl sites for hydroxylation is 1. The lowest BCUT2D eigenvalue weighted by atomic mass is 10.1. The van der Waals surface area contributed by atoms with Crippen molar-refractivity contribution in [2.24, 2.45) is 7.05 Å². The Morgan fingerprint density at radius 2 is 2.29 bits per heavy atom. The van der Waals surface area contributed by atoms with E-state index in [1.54, 1.807) is 7.05 Å². The number of hydrogen-bond donors (Lipinski definition) is 1. The van der Waals surface area contributed by atoms with Gasteiger partial charge in [0.05, 0.1) is 11.8 Å². The molecule has 0 amide bonds. The van der Waals surface area contributed by atoms with Crippen molar-refractivity contribution in [2.75, 3.05) is 0 Å². The van der Waals surface area contributed by atoms with Gasteiger partial charge in [0, 0.05) is 12.4 Å². The Bertz CT molecular complexity index is 519. The first-order chi connectivity index (χ1) is 6.61. The maximum Gasteiger partial charge on any atom is 0.336 e. The molecule has 0 fully saturated rings. The molecule has 0 bridgehead atoms. The number of halogens is 1. The first kappa shape index (κ1) is 8.68. The van der Waals surface area contributed by atoms with E-state index in [2.05, 4.69) is 5.10 Å². The minimum atomic E-state index is -1.08. The van der Waals surface area contributed by atoms with Gasteiger partial charge < -0.3 is 5.11 Å². The lowest BCUT2D eigenvalue weighted by Crippen LogP contribution is -1.99. The maximum absolute atomic E-state index is 13.3. The Morgan fingerprint density at radius 1 is 1.57 bits per heavy atom. The third kappa shape index (κ3) is 1.06. The molecule has 0 atom stereocenters. The molecule has 2 rings (SSSR count). The predicted molar refractivity (Wildman–Crippen MR) is 47.6 cm³/mol. The van der Waals surface area contributed by atoms with E-state index < -0.39 is 11.8 Å². The molecule has 72 valence electrons. The van der Waals surface area contributed by atoms with Gasteiger partial charge in [0.1, 0.15) is 11.3 Å². The van der Waals surface area contributed by atoms with Gasteiger partial charge in [-0.15, -0.1) is 0 Å². The number of aromatic nitrogens is 2. The van der Waals surface area contributed by atoms with E-state index in [4.69, 9.17) is 5.11 Å². The number of fused-ring (bicyclic) bond motifs is 1. The lowest BCUT2D eigenvalue weighted by molar-refractivity contribution is 0.0699. The third-order valence-corrected chi connectivity index (χ3v) is 2.08. The molecular formula is C9H7FN2O2. The van der Waals surface area contributed by atoms with E-state index in [-0.39, 0.29) is 11.1 Å². The SMILES string of the molecule is Cn1ncc2c(C(=O)O)ccc(F)c21. The molecular weight excluding hydrogens is 187 g/mol. The number of nitrogens with zero attached hydrogens (tertiary/aromatic N) is 2. The molecule has 14 heavy (non-hydrogen) atoms. The van der Waals surface area contributed by atoms with Crippen molar-refractivity contribution in [2.45, 2.75) is 0 Å². The standard InChI is InChI=1S/C9H7FN2O2/c1-12-8-6(4-11-12)5(9(13)14)2-3-7(8)10/h2-4H,1H3,(H,13,14). The second-order valence-electron chi connectivity index (χ2n) is 2.93. The van der Waals surface area contributed by atoms with Crippen LogP contribution in [0.1, 0.15) is 10.4 Å². The molecule has 0 saturated carbocycles. The molecule has 0 aliphatic heterocycles. The second-order valence-corrected chi connectivity index (χ2v) is 2.93. The number of aromatic carboxylic acids is 1. The zero-order valence-corrected chi connectivity index (χ0v) is 7.36. The first-order valence-corrected chi connectivity index (χ1v) is 3.95. The number of hydrogen-bond acceptors (Lipinski definition) is 2. The van der Waals surface area contributed by atoms with E-state index in [1.807, 2.05) is 0 Å². The molecule has 0 aliphatic carbocycles. The van der Waals surface area contributed by atoms with Gasteiger partial charge in [-0.05, 0) is 12.1 Å². The Hall–Kier alpha value is -1.91. The molecule has 1 aromatic carbocycles. The van der Waals surface area contributed by atoms with E-state index in [0.29, 0.717) is 5.39 Å². The van der Waals surface area contributed by atoms with Gasteiger partial charge in [0.15, 0.2) is 0 Å². The smallest absolute Gasteiger partial charge is 0.336 e. The minimum Gasteiger partial charge on any atom is -0.478 e. The van der Waals surface area contributed by atoms with Crippen molar-refractivity contribution < 1.29 is 14.3 Å². The summed E-state index contributed by atoms with van der Waals surface area (Å²) in [6.07, 6.45) is 1.35. The van der Waals surface area contributed by atoms with Crippen LogP contribution in [0.3, 0.4) is 0 Å². The van der Waals surface area contributed by atoms with E-state index >= 15 is 0 Å². The van der Waals surface area contributed by atoms with Crippen LogP contribution in [0, 0.1) is 5.82 Å². The molecule has 0 aliphatic rings. The van der Waals surface area contributed by atoms with Gasteiger partial charge in [0.2, 0.25) is 0 Å². The summed E-state index contributed by atoms with van der Waals surface area (Å²) in [4.78, 5) is 10.8. The van der Waals surface area contributed by atoms with Crippen LogP contribution < -0.4 is 0 Å². The van der Waals surface area contributed by atoms with Gasteiger partial charge in [0.25, 0.3) is 0 Å². The fourth-order valence-corrected chi connectivity index (χ4v) is 1.43. The van der Waals surface area contributed by atoms with Crippen LogP contribution in [0.15, 0.2) is 18.3 Å². The van der Waals surface area contributed by atoms with Crippen LogP contribution >= 0.6 is 0 Å². The number of carbonyl (C=O) groups is 1. The zero-order valence-electron chi connectivity index (χ0n) is 7.36. The molecule has 2 aromatic rings.